The van der Waals surface area contributed by atoms with Gasteiger partial charge in [-0.3, -0.25) is 10.1 Å². The van der Waals surface area contributed by atoms with E-state index < -0.39 is 0 Å². The summed E-state index contributed by atoms with van der Waals surface area (Å²) in [6.07, 6.45) is 5.74. The Balaban J connectivity index is 1.74. The Bertz CT molecular complexity index is 576. The standard InChI is InChI=1S/C13H17BrN6/c14-11-5-10(7-16-8-11)12-17-13(19-18-12)20-3-1-9(6-15)2-4-20/h5,7-9H,1-4,6,15H2,(H,17,18,19). The van der Waals surface area contributed by atoms with Crippen LogP contribution >= 0.6 is 15.9 Å². The first-order chi connectivity index (χ1) is 9.76. The molecule has 0 saturated carbocycles. The molecule has 3 heterocycles. The van der Waals surface area contributed by atoms with E-state index in [4.69, 9.17) is 5.73 Å². The second-order valence-corrected chi connectivity index (χ2v) is 5.96. The van der Waals surface area contributed by atoms with Gasteiger partial charge in [-0.25, -0.2) is 0 Å². The number of H-pyrrole nitrogens is 1. The second-order valence-electron chi connectivity index (χ2n) is 5.04. The van der Waals surface area contributed by atoms with Crippen molar-refractivity contribution in [3.8, 4) is 11.4 Å². The minimum Gasteiger partial charge on any atom is -0.340 e. The molecule has 0 spiro atoms. The minimum atomic E-state index is 0.638. The lowest BCUT2D eigenvalue weighted by Gasteiger charge is -2.30. The molecule has 0 radical (unpaired) electrons. The molecule has 3 rings (SSSR count). The maximum absolute atomic E-state index is 5.71. The summed E-state index contributed by atoms with van der Waals surface area (Å²) in [5.41, 5.74) is 6.64. The highest BCUT2D eigenvalue weighted by Crippen LogP contribution is 2.23. The third-order valence-corrected chi connectivity index (χ3v) is 4.12. The van der Waals surface area contributed by atoms with Crippen LogP contribution in [0.1, 0.15) is 12.8 Å². The number of hydrogen-bond acceptors (Lipinski definition) is 5. The first-order valence-electron chi connectivity index (χ1n) is 6.74. The molecule has 2 aromatic rings. The van der Waals surface area contributed by atoms with Crippen LogP contribution in [0, 0.1) is 5.92 Å². The summed E-state index contributed by atoms with van der Waals surface area (Å²) in [6, 6.07) is 1.97. The van der Waals surface area contributed by atoms with Gasteiger partial charge in [0.1, 0.15) is 0 Å². The van der Waals surface area contributed by atoms with Crippen molar-refractivity contribution in [1.82, 2.24) is 20.2 Å². The summed E-state index contributed by atoms with van der Waals surface area (Å²) in [5.74, 6) is 2.14. The number of aromatic amines is 1. The topological polar surface area (TPSA) is 83.7 Å². The molecule has 106 valence electrons. The van der Waals surface area contributed by atoms with E-state index in [-0.39, 0.29) is 0 Å². The number of nitrogens with zero attached hydrogens (tertiary/aromatic N) is 4. The molecule has 6 nitrogen and oxygen atoms in total. The van der Waals surface area contributed by atoms with Crippen molar-refractivity contribution in [3.63, 3.8) is 0 Å². The second kappa shape index (κ2) is 5.88. The molecule has 0 unspecified atom stereocenters. The van der Waals surface area contributed by atoms with Gasteiger partial charge < -0.3 is 10.6 Å². The smallest absolute Gasteiger partial charge is 0.245 e. The van der Waals surface area contributed by atoms with E-state index in [1.165, 1.54) is 0 Å². The van der Waals surface area contributed by atoms with Crippen LogP contribution < -0.4 is 10.6 Å². The molecular weight excluding hydrogens is 320 g/mol. The molecule has 1 aliphatic heterocycles. The van der Waals surface area contributed by atoms with E-state index in [2.05, 4.69) is 41.0 Å². The molecule has 0 aliphatic carbocycles. The zero-order chi connectivity index (χ0) is 13.9. The van der Waals surface area contributed by atoms with E-state index in [0.29, 0.717) is 5.92 Å². The van der Waals surface area contributed by atoms with Crippen LogP contribution in [-0.4, -0.2) is 39.8 Å². The molecule has 0 aromatic carbocycles. The van der Waals surface area contributed by atoms with Gasteiger partial charge in [-0.2, -0.15) is 4.98 Å². The number of nitrogens with one attached hydrogen (secondary N) is 1. The number of halogens is 1. The predicted octanol–water partition coefficient (Wildman–Crippen LogP) is 1.80. The third kappa shape index (κ3) is 2.83. The molecule has 1 saturated heterocycles. The van der Waals surface area contributed by atoms with E-state index in [0.717, 1.165) is 54.3 Å². The largest absolute Gasteiger partial charge is 0.340 e. The number of rotatable bonds is 3. The Morgan fingerprint density at radius 1 is 1.35 bits per heavy atom. The molecule has 7 heteroatoms. The lowest BCUT2D eigenvalue weighted by atomic mass is 9.97. The van der Waals surface area contributed by atoms with Crippen molar-refractivity contribution in [3.05, 3.63) is 22.9 Å². The highest BCUT2D eigenvalue weighted by molar-refractivity contribution is 9.10. The quantitative estimate of drug-likeness (QED) is 0.892. The Labute approximate surface area is 125 Å². The fourth-order valence-corrected chi connectivity index (χ4v) is 2.80. The first kappa shape index (κ1) is 13.5. The Hall–Kier alpha value is -1.47. The first-order valence-corrected chi connectivity index (χ1v) is 7.54. The Kier molecular flexibility index (Phi) is 3.98. The maximum atomic E-state index is 5.71. The number of nitrogens with two attached hydrogens (primary N) is 1. The van der Waals surface area contributed by atoms with E-state index in [1.807, 2.05) is 6.07 Å². The number of aromatic nitrogens is 4. The fraction of sp³-hybridized carbons (Fsp3) is 0.462. The van der Waals surface area contributed by atoms with Crippen LogP contribution in [-0.2, 0) is 0 Å². The van der Waals surface area contributed by atoms with E-state index in [1.54, 1.807) is 12.4 Å². The van der Waals surface area contributed by atoms with Crippen LogP contribution in [0.4, 0.5) is 5.95 Å². The van der Waals surface area contributed by atoms with Gasteiger partial charge in [0.2, 0.25) is 5.95 Å². The lowest BCUT2D eigenvalue weighted by molar-refractivity contribution is 0.411. The average molecular weight is 337 g/mol. The number of pyridine rings is 1. The number of piperidine rings is 1. The monoisotopic (exact) mass is 336 g/mol. The lowest BCUT2D eigenvalue weighted by Crippen LogP contribution is -2.36. The highest BCUT2D eigenvalue weighted by Gasteiger charge is 2.21. The Morgan fingerprint density at radius 2 is 2.15 bits per heavy atom. The molecule has 1 aliphatic rings. The summed E-state index contributed by atoms with van der Waals surface area (Å²) in [7, 11) is 0. The predicted molar refractivity (Wildman–Crippen MR) is 81.3 cm³/mol. The van der Waals surface area contributed by atoms with Crippen molar-refractivity contribution in [2.24, 2.45) is 11.7 Å². The molecule has 0 atom stereocenters. The molecule has 3 N–H and O–H groups in total. The van der Waals surface area contributed by atoms with E-state index in [9.17, 15) is 0 Å². The number of anilines is 1. The summed E-state index contributed by atoms with van der Waals surface area (Å²) in [4.78, 5) is 10.9. The fourth-order valence-electron chi connectivity index (χ4n) is 2.43. The van der Waals surface area contributed by atoms with Gasteiger partial charge in [0.05, 0.1) is 0 Å². The van der Waals surface area contributed by atoms with Gasteiger partial charge in [-0.05, 0) is 47.3 Å². The molecule has 2 aromatic heterocycles. The summed E-state index contributed by atoms with van der Waals surface area (Å²) < 4.78 is 0.928. The van der Waals surface area contributed by atoms with Crippen LogP contribution in [0.25, 0.3) is 11.4 Å². The van der Waals surface area contributed by atoms with Gasteiger partial charge in [-0.1, -0.05) is 0 Å². The van der Waals surface area contributed by atoms with Crippen molar-refractivity contribution < 1.29 is 0 Å². The van der Waals surface area contributed by atoms with Gasteiger partial charge in [0, 0.05) is 35.5 Å². The molecule has 0 bridgehead atoms. The zero-order valence-electron chi connectivity index (χ0n) is 11.1. The number of hydrogen-bond donors (Lipinski definition) is 2. The third-order valence-electron chi connectivity index (χ3n) is 3.68. The highest BCUT2D eigenvalue weighted by atomic mass is 79.9. The van der Waals surface area contributed by atoms with Crippen LogP contribution in [0.5, 0.6) is 0 Å². The van der Waals surface area contributed by atoms with Crippen molar-refractivity contribution in [1.29, 1.82) is 0 Å². The molecule has 0 amide bonds. The van der Waals surface area contributed by atoms with Gasteiger partial charge >= 0.3 is 0 Å². The SMILES string of the molecule is NCC1CCN(c2n[nH]c(-c3cncc(Br)c3)n2)CC1. The van der Waals surface area contributed by atoms with Crippen LogP contribution in [0.15, 0.2) is 22.9 Å². The van der Waals surface area contributed by atoms with Gasteiger partial charge in [-0.15, -0.1) is 5.10 Å². The molecular formula is C13H17BrN6. The van der Waals surface area contributed by atoms with Crippen molar-refractivity contribution in [2.75, 3.05) is 24.5 Å². The molecule has 20 heavy (non-hydrogen) atoms. The van der Waals surface area contributed by atoms with Crippen molar-refractivity contribution in [2.45, 2.75) is 12.8 Å². The zero-order valence-corrected chi connectivity index (χ0v) is 12.7. The van der Waals surface area contributed by atoms with Crippen LogP contribution in [0.3, 0.4) is 0 Å². The minimum absolute atomic E-state index is 0.638. The average Bonchev–Trinajstić information content (AvgIpc) is 2.97. The van der Waals surface area contributed by atoms with Crippen molar-refractivity contribution >= 4 is 21.9 Å². The van der Waals surface area contributed by atoms with Crippen LogP contribution in [0.2, 0.25) is 0 Å². The van der Waals surface area contributed by atoms with E-state index >= 15 is 0 Å². The normalized spacial score (nSPS) is 16.6. The summed E-state index contributed by atoms with van der Waals surface area (Å²) in [6.45, 7) is 2.71. The Morgan fingerprint density at radius 3 is 2.85 bits per heavy atom. The summed E-state index contributed by atoms with van der Waals surface area (Å²) in [5, 5.41) is 7.30. The maximum Gasteiger partial charge on any atom is 0.245 e. The summed E-state index contributed by atoms with van der Waals surface area (Å²) >= 11 is 3.41. The van der Waals surface area contributed by atoms with Gasteiger partial charge in [0.15, 0.2) is 5.82 Å². The van der Waals surface area contributed by atoms with Gasteiger partial charge in [0.25, 0.3) is 0 Å². The molecule has 1 fully saturated rings.